The van der Waals surface area contributed by atoms with E-state index in [2.05, 4.69) is 5.32 Å². The van der Waals surface area contributed by atoms with Gasteiger partial charge in [0.1, 0.15) is 0 Å². The van der Waals surface area contributed by atoms with E-state index < -0.39 is 23.3 Å². The van der Waals surface area contributed by atoms with Crippen LogP contribution < -0.4 is 10.9 Å². The van der Waals surface area contributed by atoms with Crippen molar-refractivity contribution in [2.24, 2.45) is 0 Å². The molecule has 1 heterocycles. The number of carbonyl (C=O) groups excluding carboxylic acids is 2. The molecule has 0 saturated heterocycles. The number of nitrogens with one attached hydrogen (secondary N) is 1. The largest absolute Gasteiger partial charge is 0.353 e. The van der Waals surface area contributed by atoms with Crippen LogP contribution in [-0.2, 0) is 4.79 Å². The van der Waals surface area contributed by atoms with Crippen LogP contribution in [0.5, 0.6) is 0 Å². The van der Waals surface area contributed by atoms with Crippen molar-refractivity contribution in [2.75, 3.05) is 27.2 Å². The van der Waals surface area contributed by atoms with Crippen LogP contribution in [0.25, 0.3) is 0 Å². The lowest BCUT2D eigenvalue weighted by atomic mass is 10.0. The molecule has 0 aliphatic carbocycles. The zero-order valence-electron chi connectivity index (χ0n) is 14.1. The van der Waals surface area contributed by atoms with E-state index in [-0.39, 0.29) is 5.02 Å². The van der Waals surface area contributed by atoms with Gasteiger partial charge in [-0.15, -0.1) is 0 Å². The summed E-state index contributed by atoms with van der Waals surface area (Å²) in [6.07, 6.45) is 1.31. The van der Waals surface area contributed by atoms with Crippen LogP contribution in [0.1, 0.15) is 16.4 Å². The second-order valence-electron chi connectivity index (χ2n) is 5.82. The van der Waals surface area contributed by atoms with Crippen molar-refractivity contribution in [1.29, 1.82) is 0 Å². The predicted octanol–water partition coefficient (Wildman–Crippen LogP) is 1.60. The molecule has 7 heteroatoms. The Hall–Kier alpha value is -2.44. The number of pyridine rings is 1. The molecule has 0 spiro atoms. The summed E-state index contributed by atoms with van der Waals surface area (Å²) in [6, 6.07) is 9.75. The minimum atomic E-state index is -1.31. The molecule has 1 N–H and O–H groups in total. The molecule has 25 heavy (non-hydrogen) atoms. The molecular formula is C18H20ClN3O3. The Morgan fingerprint density at radius 2 is 1.84 bits per heavy atom. The third-order valence-electron chi connectivity index (χ3n) is 3.59. The topological polar surface area (TPSA) is 71.4 Å². The molecule has 1 amide bonds. The van der Waals surface area contributed by atoms with E-state index in [0.29, 0.717) is 18.7 Å². The highest BCUT2D eigenvalue weighted by atomic mass is 35.5. The van der Waals surface area contributed by atoms with E-state index in [1.165, 1.54) is 18.3 Å². The van der Waals surface area contributed by atoms with Crippen LogP contribution >= 0.6 is 11.6 Å². The lowest BCUT2D eigenvalue weighted by Gasteiger charge is -2.19. The molecule has 0 saturated carbocycles. The molecule has 1 atom stereocenters. The van der Waals surface area contributed by atoms with Crippen molar-refractivity contribution in [3.8, 4) is 0 Å². The Morgan fingerprint density at radius 3 is 2.48 bits per heavy atom. The molecule has 2 aromatic rings. The first kappa shape index (κ1) is 18.9. The Kier molecular flexibility index (Phi) is 6.50. The number of likely N-dealkylation sites (N-methyl/N-ethyl adjacent to an activating group) is 1. The number of hydrogen-bond donors (Lipinski definition) is 1. The van der Waals surface area contributed by atoms with Crippen LogP contribution in [0.2, 0.25) is 5.02 Å². The van der Waals surface area contributed by atoms with E-state index in [0.717, 1.165) is 4.57 Å². The zero-order valence-corrected chi connectivity index (χ0v) is 14.9. The van der Waals surface area contributed by atoms with Crippen LogP contribution in [0.4, 0.5) is 0 Å². The summed E-state index contributed by atoms with van der Waals surface area (Å²) in [5, 5.41) is 2.98. The molecular weight excluding hydrogens is 342 g/mol. The summed E-state index contributed by atoms with van der Waals surface area (Å²) in [5.41, 5.74) is -0.122. The Bertz CT molecular complexity index is 803. The Balaban J connectivity index is 2.37. The average Bonchev–Trinajstić information content (AvgIpc) is 2.58. The van der Waals surface area contributed by atoms with Crippen molar-refractivity contribution in [1.82, 2.24) is 14.8 Å². The van der Waals surface area contributed by atoms with Gasteiger partial charge in [-0.3, -0.25) is 19.0 Å². The monoisotopic (exact) mass is 361 g/mol. The van der Waals surface area contributed by atoms with Crippen molar-refractivity contribution in [3.05, 3.63) is 69.6 Å². The SMILES string of the molecule is CN(C)CCNC(=O)C(C(=O)c1ccccc1)n1cc(Cl)ccc1=O. The number of Topliss-reactive ketones (excluding diaryl/α,β-unsaturated/α-hetero) is 1. The van der Waals surface area contributed by atoms with Crippen molar-refractivity contribution >= 4 is 23.3 Å². The standard InChI is InChI=1S/C18H20ClN3O3/c1-21(2)11-10-20-18(25)16(17(24)13-6-4-3-5-7-13)22-12-14(19)8-9-15(22)23/h3-9,12,16H,10-11H2,1-2H3,(H,20,25). The number of aromatic nitrogens is 1. The maximum Gasteiger partial charge on any atom is 0.251 e. The molecule has 6 nitrogen and oxygen atoms in total. The first-order valence-electron chi connectivity index (χ1n) is 7.79. The number of nitrogens with zero attached hydrogens (tertiary/aromatic N) is 2. The fraction of sp³-hybridized carbons (Fsp3) is 0.278. The summed E-state index contributed by atoms with van der Waals surface area (Å²) in [6.45, 7) is 0.974. The minimum Gasteiger partial charge on any atom is -0.353 e. The number of ketones is 1. The summed E-state index contributed by atoms with van der Waals surface area (Å²) >= 11 is 5.95. The van der Waals surface area contributed by atoms with Gasteiger partial charge in [0.15, 0.2) is 11.8 Å². The number of halogens is 1. The predicted molar refractivity (Wildman–Crippen MR) is 97.1 cm³/mol. The lowest BCUT2D eigenvalue weighted by molar-refractivity contribution is -0.123. The van der Waals surface area contributed by atoms with Crippen LogP contribution in [0, 0.1) is 0 Å². The van der Waals surface area contributed by atoms with Gasteiger partial charge in [0, 0.05) is 30.9 Å². The Labute approximate surface area is 151 Å². The highest BCUT2D eigenvalue weighted by Gasteiger charge is 2.30. The molecule has 2 rings (SSSR count). The first-order valence-corrected chi connectivity index (χ1v) is 8.17. The van der Waals surface area contributed by atoms with Gasteiger partial charge >= 0.3 is 0 Å². The van der Waals surface area contributed by atoms with Crippen molar-refractivity contribution in [2.45, 2.75) is 6.04 Å². The van der Waals surface area contributed by atoms with Crippen molar-refractivity contribution < 1.29 is 9.59 Å². The van der Waals surface area contributed by atoms with Gasteiger partial charge < -0.3 is 10.2 Å². The number of benzene rings is 1. The van der Waals surface area contributed by atoms with Gasteiger partial charge in [-0.1, -0.05) is 41.9 Å². The zero-order chi connectivity index (χ0) is 18.4. The van der Waals surface area contributed by atoms with E-state index in [1.54, 1.807) is 30.3 Å². The highest BCUT2D eigenvalue weighted by Crippen LogP contribution is 2.16. The smallest absolute Gasteiger partial charge is 0.251 e. The van der Waals surface area contributed by atoms with Gasteiger partial charge in [0.2, 0.25) is 0 Å². The third kappa shape index (κ3) is 5.01. The number of hydrogen-bond acceptors (Lipinski definition) is 4. The quantitative estimate of drug-likeness (QED) is 0.600. The summed E-state index contributed by atoms with van der Waals surface area (Å²) in [4.78, 5) is 39.6. The van der Waals surface area contributed by atoms with Gasteiger partial charge in [0.05, 0.1) is 5.02 Å². The van der Waals surface area contributed by atoms with Gasteiger partial charge in [-0.05, 0) is 20.2 Å². The Morgan fingerprint density at radius 1 is 1.16 bits per heavy atom. The first-order chi connectivity index (χ1) is 11.9. The normalized spacial score (nSPS) is 12.0. The molecule has 0 radical (unpaired) electrons. The molecule has 132 valence electrons. The third-order valence-corrected chi connectivity index (χ3v) is 3.82. The van der Waals surface area contributed by atoms with E-state index in [9.17, 15) is 14.4 Å². The molecule has 0 aliphatic heterocycles. The number of carbonyl (C=O) groups is 2. The fourth-order valence-electron chi connectivity index (χ4n) is 2.31. The van der Waals surface area contributed by atoms with Crippen LogP contribution in [0.15, 0.2) is 53.5 Å². The molecule has 0 fully saturated rings. The lowest BCUT2D eigenvalue weighted by Crippen LogP contribution is -2.43. The minimum absolute atomic E-state index is 0.270. The molecule has 1 aromatic carbocycles. The fourth-order valence-corrected chi connectivity index (χ4v) is 2.48. The number of rotatable bonds is 7. The number of amides is 1. The highest BCUT2D eigenvalue weighted by molar-refractivity contribution is 6.30. The molecule has 0 aliphatic rings. The van der Waals surface area contributed by atoms with E-state index in [1.807, 2.05) is 19.0 Å². The van der Waals surface area contributed by atoms with Crippen LogP contribution in [0.3, 0.4) is 0 Å². The second kappa shape index (κ2) is 8.60. The van der Waals surface area contributed by atoms with Crippen LogP contribution in [-0.4, -0.2) is 48.3 Å². The maximum absolute atomic E-state index is 12.9. The summed E-state index contributed by atoms with van der Waals surface area (Å²) < 4.78 is 1.07. The van der Waals surface area contributed by atoms with Gasteiger partial charge in [-0.2, -0.15) is 0 Å². The second-order valence-corrected chi connectivity index (χ2v) is 6.26. The average molecular weight is 362 g/mol. The van der Waals surface area contributed by atoms with E-state index >= 15 is 0 Å². The summed E-state index contributed by atoms with van der Waals surface area (Å²) in [5.74, 6) is -1.01. The molecule has 1 aromatic heterocycles. The summed E-state index contributed by atoms with van der Waals surface area (Å²) in [7, 11) is 3.75. The molecule has 1 unspecified atom stereocenters. The van der Waals surface area contributed by atoms with Crippen molar-refractivity contribution in [3.63, 3.8) is 0 Å². The van der Waals surface area contributed by atoms with Gasteiger partial charge in [-0.25, -0.2) is 0 Å². The van der Waals surface area contributed by atoms with Gasteiger partial charge in [0.25, 0.3) is 11.5 Å². The maximum atomic E-state index is 12.9. The van der Waals surface area contributed by atoms with E-state index in [4.69, 9.17) is 11.6 Å². The molecule has 0 bridgehead atoms.